The fourth-order valence-corrected chi connectivity index (χ4v) is 1.51. The van der Waals surface area contributed by atoms with Crippen molar-refractivity contribution in [1.29, 1.82) is 0 Å². The molecular weight excluding hydrogens is 255 g/mol. The van der Waals surface area contributed by atoms with Crippen LogP contribution in [0.2, 0.25) is 0 Å². The maximum atomic E-state index is 12.5. The Balaban J connectivity index is 2.02. The summed E-state index contributed by atoms with van der Waals surface area (Å²) in [6.07, 6.45) is 0.289. The third-order valence-corrected chi connectivity index (χ3v) is 2.75. The summed E-state index contributed by atoms with van der Waals surface area (Å²) in [7, 11) is 0. The summed E-state index contributed by atoms with van der Waals surface area (Å²) in [5.41, 5.74) is 0. The predicted octanol–water partition coefficient (Wildman–Crippen LogP) is 4.48. The van der Waals surface area contributed by atoms with Crippen LogP contribution < -0.4 is 0 Å². The van der Waals surface area contributed by atoms with Crippen LogP contribution in [-0.2, 0) is 4.74 Å². The maximum Gasteiger partial charge on any atom is 0.453 e. The molecule has 1 rings (SSSR count). The lowest BCUT2D eigenvalue weighted by Crippen LogP contribution is -2.35. The second-order valence-corrected chi connectivity index (χ2v) is 4.47. The number of halogens is 5. The lowest BCUT2D eigenvalue weighted by Gasteiger charge is -2.17. The zero-order valence-corrected chi connectivity index (χ0v) is 9.98. The molecule has 6 heteroatoms. The normalized spacial score (nSPS) is 20.6. The van der Waals surface area contributed by atoms with Crippen molar-refractivity contribution in [2.45, 2.75) is 56.7 Å². The van der Waals surface area contributed by atoms with E-state index in [2.05, 4.69) is 0 Å². The van der Waals surface area contributed by atoms with Crippen LogP contribution >= 0.6 is 0 Å². The molecule has 0 bridgehead atoms. The van der Waals surface area contributed by atoms with Gasteiger partial charge in [-0.1, -0.05) is 25.0 Å². The van der Waals surface area contributed by atoms with Gasteiger partial charge >= 0.3 is 12.1 Å². The van der Waals surface area contributed by atoms with E-state index in [1.165, 1.54) is 6.08 Å². The van der Waals surface area contributed by atoms with E-state index >= 15 is 0 Å². The Morgan fingerprint density at radius 3 is 2.22 bits per heavy atom. The Kier molecular flexibility index (Phi) is 5.56. The molecule has 0 N–H and O–H groups in total. The molecule has 1 aliphatic heterocycles. The van der Waals surface area contributed by atoms with Gasteiger partial charge in [0.05, 0.1) is 12.7 Å². The molecule has 1 fully saturated rings. The summed E-state index contributed by atoms with van der Waals surface area (Å²) in [6, 6.07) is 0. The molecule has 1 aliphatic rings. The van der Waals surface area contributed by atoms with E-state index in [-0.39, 0.29) is 0 Å². The molecule has 18 heavy (non-hydrogen) atoms. The lowest BCUT2D eigenvalue weighted by atomic mass is 10.1. The number of unbranched alkanes of at least 4 members (excludes halogenated alkanes) is 3. The summed E-state index contributed by atoms with van der Waals surface area (Å²) >= 11 is 0. The van der Waals surface area contributed by atoms with E-state index in [1.807, 2.05) is 0 Å². The van der Waals surface area contributed by atoms with Gasteiger partial charge in [-0.05, 0) is 19.3 Å². The van der Waals surface area contributed by atoms with Crippen molar-refractivity contribution in [3.05, 3.63) is 12.2 Å². The summed E-state index contributed by atoms with van der Waals surface area (Å²) in [6.45, 7) is 0.826. The average molecular weight is 272 g/mol. The minimum absolute atomic E-state index is 0.394. The van der Waals surface area contributed by atoms with Crippen molar-refractivity contribution in [2.24, 2.45) is 0 Å². The van der Waals surface area contributed by atoms with Gasteiger partial charge in [0.1, 0.15) is 0 Å². The molecule has 0 aliphatic carbocycles. The lowest BCUT2D eigenvalue weighted by molar-refractivity contribution is -0.280. The molecular formula is C12H17F5O. The van der Waals surface area contributed by atoms with Crippen LogP contribution in [-0.4, -0.2) is 24.8 Å². The van der Waals surface area contributed by atoms with E-state index in [0.717, 1.165) is 38.4 Å². The highest BCUT2D eigenvalue weighted by molar-refractivity contribution is 4.90. The molecule has 0 aromatic rings. The second kappa shape index (κ2) is 6.50. The van der Waals surface area contributed by atoms with Crippen LogP contribution in [0.4, 0.5) is 22.0 Å². The average Bonchev–Trinajstić information content (AvgIpc) is 3.04. The molecule has 0 radical (unpaired) electrons. The van der Waals surface area contributed by atoms with Crippen LogP contribution in [0, 0.1) is 0 Å². The molecule has 0 aromatic carbocycles. The molecule has 1 nitrogen and oxygen atoms in total. The first kappa shape index (κ1) is 15.4. The Labute approximate surface area is 103 Å². The van der Waals surface area contributed by atoms with Gasteiger partial charge in [-0.2, -0.15) is 22.0 Å². The molecule has 0 amide bonds. The number of alkyl halides is 5. The summed E-state index contributed by atoms with van der Waals surface area (Å²) in [5.74, 6) is -4.62. The van der Waals surface area contributed by atoms with Crippen LogP contribution in [0.15, 0.2) is 12.2 Å². The van der Waals surface area contributed by atoms with Gasteiger partial charge in [0.15, 0.2) is 0 Å². The quantitative estimate of drug-likeness (QED) is 0.275. The first-order valence-electron chi connectivity index (χ1n) is 6.04. The van der Waals surface area contributed by atoms with Gasteiger partial charge in [0.25, 0.3) is 0 Å². The van der Waals surface area contributed by atoms with Crippen molar-refractivity contribution in [2.75, 3.05) is 6.61 Å². The number of allylic oxidation sites excluding steroid dienone is 2. The van der Waals surface area contributed by atoms with Crippen LogP contribution in [0.1, 0.15) is 38.5 Å². The van der Waals surface area contributed by atoms with E-state index in [4.69, 9.17) is 4.74 Å². The fourth-order valence-electron chi connectivity index (χ4n) is 1.51. The van der Waals surface area contributed by atoms with Crippen molar-refractivity contribution in [3.63, 3.8) is 0 Å². The minimum atomic E-state index is -5.46. The van der Waals surface area contributed by atoms with Crippen molar-refractivity contribution in [1.82, 2.24) is 0 Å². The van der Waals surface area contributed by atoms with E-state index in [0.29, 0.717) is 12.5 Å². The molecule has 1 heterocycles. The van der Waals surface area contributed by atoms with E-state index in [9.17, 15) is 22.0 Å². The number of hydrogen-bond donors (Lipinski definition) is 0. The second-order valence-electron chi connectivity index (χ2n) is 4.47. The third-order valence-electron chi connectivity index (χ3n) is 2.75. The first-order chi connectivity index (χ1) is 8.33. The van der Waals surface area contributed by atoms with Crippen molar-refractivity contribution in [3.8, 4) is 0 Å². The smallest absolute Gasteiger partial charge is 0.373 e. The standard InChI is InChI=1S/C12H17F5O/c13-11(14,12(15,16)17)8-6-4-2-1-3-5-7-10-9-18-10/h4,6,10H,1-3,5,7-9H2/b6-4+. The molecule has 1 atom stereocenters. The fraction of sp³-hybridized carbons (Fsp3) is 0.833. The largest absolute Gasteiger partial charge is 0.453 e. The molecule has 0 saturated carbocycles. The summed E-state index contributed by atoms with van der Waals surface area (Å²) in [4.78, 5) is 0. The van der Waals surface area contributed by atoms with Crippen molar-refractivity contribution >= 4 is 0 Å². The van der Waals surface area contributed by atoms with Gasteiger partial charge in [-0.15, -0.1) is 0 Å². The Morgan fingerprint density at radius 1 is 1.00 bits per heavy atom. The van der Waals surface area contributed by atoms with Gasteiger partial charge in [0, 0.05) is 6.42 Å². The molecule has 1 saturated heterocycles. The number of epoxide rings is 1. The zero-order valence-electron chi connectivity index (χ0n) is 9.98. The molecule has 0 spiro atoms. The highest BCUT2D eigenvalue weighted by Gasteiger charge is 2.56. The monoisotopic (exact) mass is 272 g/mol. The van der Waals surface area contributed by atoms with E-state index in [1.54, 1.807) is 0 Å². The van der Waals surface area contributed by atoms with Crippen LogP contribution in [0.25, 0.3) is 0 Å². The number of ether oxygens (including phenoxy) is 1. The number of hydrogen-bond acceptors (Lipinski definition) is 1. The minimum Gasteiger partial charge on any atom is -0.373 e. The predicted molar refractivity (Wildman–Crippen MR) is 57.6 cm³/mol. The first-order valence-corrected chi connectivity index (χ1v) is 6.04. The third kappa shape index (κ3) is 5.80. The molecule has 1 unspecified atom stereocenters. The van der Waals surface area contributed by atoms with Gasteiger partial charge < -0.3 is 4.74 Å². The highest BCUT2D eigenvalue weighted by Crippen LogP contribution is 2.38. The van der Waals surface area contributed by atoms with Crippen LogP contribution in [0.3, 0.4) is 0 Å². The molecule has 0 aromatic heterocycles. The SMILES string of the molecule is FC(F)(F)C(F)(F)C/C=C/CCCCCC1CO1. The summed E-state index contributed by atoms with van der Waals surface area (Å²) in [5, 5.41) is 0. The zero-order chi connectivity index (χ0) is 13.6. The Bertz CT molecular complexity index is 268. The topological polar surface area (TPSA) is 12.5 Å². The van der Waals surface area contributed by atoms with Gasteiger partial charge in [-0.3, -0.25) is 0 Å². The highest BCUT2D eigenvalue weighted by atomic mass is 19.4. The Morgan fingerprint density at radius 2 is 1.67 bits per heavy atom. The van der Waals surface area contributed by atoms with Crippen molar-refractivity contribution < 1.29 is 26.7 Å². The maximum absolute atomic E-state index is 12.5. The van der Waals surface area contributed by atoms with Gasteiger partial charge in [-0.25, -0.2) is 0 Å². The van der Waals surface area contributed by atoms with Crippen LogP contribution in [0.5, 0.6) is 0 Å². The van der Waals surface area contributed by atoms with E-state index < -0.39 is 18.5 Å². The number of rotatable bonds is 8. The van der Waals surface area contributed by atoms with Gasteiger partial charge in [0.2, 0.25) is 0 Å². The summed E-state index contributed by atoms with van der Waals surface area (Å²) < 4.78 is 65.3. The molecule has 106 valence electrons. The Hall–Kier alpha value is -0.650.